The first-order valence-electron chi connectivity index (χ1n) is 5.13. The zero-order chi connectivity index (χ0) is 12.3. The van der Waals surface area contributed by atoms with Crippen LogP contribution in [0, 0.1) is 0 Å². The lowest BCUT2D eigenvalue weighted by Crippen LogP contribution is -2.19. The van der Waals surface area contributed by atoms with E-state index in [2.05, 4.69) is 4.98 Å². The van der Waals surface area contributed by atoms with Crippen molar-refractivity contribution in [3.05, 3.63) is 52.7 Å². The van der Waals surface area contributed by atoms with E-state index in [1.165, 1.54) is 23.2 Å². The number of hydrogen-bond donors (Lipinski definition) is 1. The van der Waals surface area contributed by atoms with Crippen molar-refractivity contribution in [2.75, 3.05) is 12.8 Å². The zero-order valence-corrected chi connectivity index (χ0v) is 9.46. The van der Waals surface area contributed by atoms with Crippen LogP contribution >= 0.6 is 0 Å². The predicted octanol–water partition coefficient (Wildman–Crippen LogP) is 0.882. The molecular weight excluding hydrogens is 218 g/mol. The van der Waals surface area contributed by atoms with Crippen molar-refractivity contribution < 1.29 is 4.74 Å². The number of rotatable bonds is 3. The first kappa shape index (κ1) is 11.2. The molecule has 88 valence electrons. The second kappa shape index (κ2) is 4.69. The molecule has 0 radical (unpaired) electrons. The first-order valence-corrected chi connectivity index (χ1v) is 5.13. The number of nitrogen functional groups attached to an aromatic ring is 1. The molecular formula is C12H13N3O2. The number of anilines is 1. The van der Waals surface area contributed by atoms with Crippen molar-refractivity contribution in [1.82, 2.24) is 9.55 Å². The van der Waals surface area contributed by atoms with Gasteiger partial charge in [0.15, 0.2) is 0 Å². The van der Waals surface area contributed by atoms with Crippen molar-refractivity contribution in [2.24, 2.45) is 0 Å². The van der Waals surface area contributed by atoms with E-state index < -0.39 is 0 Å². The number of ether oxygens (including phenoxy) is 1. The monoisotopic (exact) mass is 231 g/mol. The average Bonchev–Trinajstić information content (AvgIpc) is 2.34. The maximum absolute atomic E-state index is 11.5. The fourth-order valence-corrected chi connectivity index (χ4v) is 1.57. The molecule has 1 heterocycles. The van der Waals surface area contributed by atoms with E-state index in [9.17, 15) is 4.79 Å². The highest BCUT2D eigenvalue weighted by Crippen LogP contribution is 2.21. The highest BCUT2D eigenvalue weighted by molar-refractivity contribution is 5.48. The summed E-state index contributed by atoms with van der Waals surface area (Å²) in [5.41, 5.74) is 7.08. The lowest BCUT2D eigenvalue weighted by molar-refractivity contribution is 0.408. The summed E-state index contributed by atoms with van der Waals surface area (Å²) in [6, 6.07) is 6.77. The Bertz CT molecular complexity index is 578. The van der Waals surface area contributed by atoms with Crippen molar-refractivity contribution >= 4 is 5.69 Å². The van der Waals surface area contributed by atoms with E-state index in [1.807, 2.05) is 6.07 Å². The molecule has 0 amide bonds. The molecule has 0 atom stereocenters. The molecule has 0 aliphatic heterocycles. The molecule has 2 N–H and O–H groups in total. The van der Waals surface area contributed by atoms with Crippen molar-refractivity contribution in [3.8, 4) is 5.75 Å². The van der Waals surface area contributed by atoms with Gasteiger partial charge in [-0.05, 0) is 6.07 Å². The van der Waals surface area contributed by atoms with E-state index in [0.717, 1.165) is 5.56 Å². The summed E-state index contributed by atoms with van der Waals surface area (Å²) in [5, 5.41) is 0. The lowest BCUT2D eigenvalue weighted by atomic mass is 10.2. The number of methoxy groups -OCH3 is 1. The van der Waals surface area contributed by atoms with Crippen molar-refractivity contribution in [2.45, 2.75) is 6.54 Å². The molecule has 1 aromatic heterocycles. The summed E-state index contributed by atoms with van der Waals surface area (Å²) in [5.74, 6) is 0.667. The molecule has 0 unspecified atom stereocenters. The standard InChI is InChI=1S/C12H13N3O2/c1-17-11-6-10(13)3-2-9(11)7-15-8-14-5-4-12(15)16/h2-6,8H,7,13H2,1H3. The molecule has 0 bridgehead atoms. The topological polar surface area (TPSA) is 70.1 Å². The maximum Gasteiger partial charge on any atom is 0.253 e. The Morgan fingerprint density at radius 2 is 2.24 bits per heavy atom. The van der Waals surface area contributed by atoms with Gasteiger partial charge in [0, 0.05) is 29.6 Å². The van der Waals surface area contributed by atoms with Crippen LogP contribution in [-0.4, -0.2) is 16.7 Å². The Labute approximate surface area is 98.5 Å². The van der Waals surface area contributed by atoms with E-state index in [0.29, 0.717) is 18.0 Å². The summed E-state index contributed by atoms with van der Waals surface area (Å²) < 4.78 is 6.73. The zero-order valence-electron chi connectivity index (χ0n) is 9.46. The third-order valence-corrected chi connectivity index (χ3v) is 2.44. The molecule has 0 aliphatic rings. The minimum Gasteiger partial charge on any atom is -0.496 e. The van der Waals surface area contributed by atoms with Crippen LogP contribution in [0.25, 0.3) is 0 Å². The Hall–Kier alpha value is -2.30. The van der Waals surface area contributed by atoms with Crippen molar-refractivity contribution in [1.29, 1.82) is 0 Å². The molecule has 2 rings (SSSR count). The summed E-state index contributed by atoms with van der Waals surface area (Å²) in [7, 11) is 1.57. The van der Waals surface area contributed by atoms with Gasteiger partial charge in [-0.1, -0.05) is 6.07 Å². The SMILES string of the molecule is COc1cc(N)ccc1Cn1cnccc1=O. The van der Waals surface area contributed by atoms with E-state index in [-0.39, 0.29) is 5.56 Å². The van der Waals surface area contributed by atoms with Gasteiger partial charge < -0.3 is 10.5 Å². The average molecular weight is 231 g/mol. The number of aromatic nitrogens is 2. The molecule has 1 aromatic carbocycles. The maximum atomic E-state index is 11.5. The van der Waals surface area contributed by atoms with Crippen LogP contribution in [0.3, 0.4) is 0 Å². The van der Waals surface area contributed by atoms with Gasteiger partial charge in [-0.2, -0.15) is 0 Å². The number of hydrogen-bond acceptors (Lipinski definition) is 4. The molecule has 0 saturated heterocycles. The fourth-order valence-electron chi connectivity index (χ4n) is 1.57. The van der Waals surface area contributed by atoms with Gasteiger partial charge in [-0.15, -0.1) is 0 Å². The molecule has 0 saturated carbocycles. The van der Waals surface area contributed by atoms with Gasteiger partial charge in [0.25, 0.3) is 5.56 Å². The second-order valence-electron chi connectivity index (χ2n) is 3.62. The highest BCUT2D eigenvalue weighted by Gasteiger charge is 2.05. The second-order valence-corrected chi connectivity index (χ2v) is 3.62. The minimum absolute atomic E-state index is 0.0983. The van der Waals surface area contributed by atoms with Crippen LogP contribution < -0.4 is 16.0 Å². The minimum atomic E-state index is -0.0983. The van der Waals surface area contributed by atoms with Gasteiger partial charge in [-0.25, -0.2) is 4.98 Å². The summed E-state index contributed by atoms with van der Waals surface area (Å²) in [6.07, 6.45) is 2.97. The van der Waals surface area contributed by atoms with E-state index >= 15 is 0 Å². The Morgan fingerprint density at radius 1 is 1.41 bits per heavy atom. The smallest absolute Gasteiger partial charge is 0.253 e. The van der Waals surface area contributed by atoms with Crippen LogP contribution in [0.1, 0.15) is 5.56 Å². The molecule has 0 spiro atoms. The molecule has 0 aliphatic carbocycles. The molecule has 5 heteroatoms. The third-order valence-electron chi connectivity index (χ3n) is 2.44. The van der Waals surface area contributed by atoms with E-state index in [1.54, 1.807) is 19.2 Å². The predicted molar refractivity (Wildman–Crippen MR) is 65.0 cm³/mol. The highest BCUT2D eigenvalue weighted by atomic mass is 16.5. The normalized spacial score (nSPS) is 10.2. The Morgan fingerprint density at radius 3 is 2.94 bits per heavy atom. The van der Waals surface area contributed by atoms with Gasteiger partial charge in [0.2, 0.25) is 0 Å². The van der Waals surface area contributed by atoms with Crippen LogP contribution in [0.5, 0.6) is 5.75 Å². The van der Waals surface area contributed by atoms with Gasteiger partial charge >= 0.3 is 0 Å². The molecule has 0 fully saturated rings. The number of nitrogens with two attached hydrogens (primary N) is 1. The van der Waals surface area contributed by atoms with Crippen LogP contribution in [0.2, 0.25) is 0 Å². The summed E-state index contributed by atoms with van der Waals surface area (Å²) in [6.45, 7) is 0.413. The Kier molecular flexibility index (Phi) is 3.09. The third kappa shape index (κ3) is 2.44. The van der Waals surface area contributed by atoms with E-state index in [4.69, 9.17) is 10.5 Å². The number of nitrogens with zero attached hydrogens (tertiary/aromatic N) is 2. The van der Waals surface area contributed by atoms with Gasteiger partial charge in [-0.3, -0.25) is 9.36 Å². The first-order chi connectivity index (χ1) is 8.20. The lowest BCUT2D eigenvalue weighted by Gasteiger charge is -2.10. The molecule has 2 aromatic rings. The van der Waals surface area contributed by atoms with Gasteiger partial charge in [0.1, 0.15) is 5.75 Å². The molecule has 5 nitrogen and oxygen atoms in total. The number of benzene rings is 1. The quantitative estimate of drug-likeness (QED) is 0.796. The van der Waals surface area contributed by atoms with Crippen LogP contribution in [0.4, 0.5) is 5.69 Å². The van der Waals surface area contributed by atoms with Crippen LogP contribution in [0.15, 0.2) is 41.6 Å². The summed E-state index contributed by atoms with van der Waals surface area (Å²) >= 11 is 0. The Balaban J connectivity index is 2.36. The van der Waals surface area contributed by atoms with Gasteiger partial charge in [0.05, 0.1) is 20.0 Å². The largest absolute Gasteiger partial charge is 0.496 e. The van der Waals surface area contributed by atoms with Crippen molar-refractivity contribution in [3.63, 3.8) is 0 Å². The summed E-state index contributed by atoms with van der Waals surface area (Å²) in [4.78, 5) is 15.5. The van der Waals surface area contributed by atoms with Crippen LogP contribution in [-0.2, 0) is 6.54 Å². The fraction of sp³-hybridized carbons (Fsp3) is 0.167. The molecule has 17 heavy (non-hydrogen) atoms.